The molecule has 1 rings (SSSR count). The number of nitrogens with zero attached hydrogens (tertiary/aromatic N) is 1. The van der Waals surface area contributed by atoms with Gasteiger partial charge in [0.15, 0.2) is 0 Å². The molecule has 2 heteroatoms. The standard InChI is InChI=1S/C11H13N2/c1-11(2,3)13-10-6-4-9(8-12)5-7-10/h4-6,13H,1-3H3. The molecule has 1 aromatic carbocycles. The van der Waals surface area contributed by atoms with Crippen LogP contribution in [0.2, 0.25) is 0 Å². The van der Waals surface area contributed by atoms with Crippen molar-refractivity contribution < 1.29 is 0 Å². The molecule has 0 aliphatic rings. The van der Waals surface area contributed by atoms with Crippen LogP contribution in [0.4, 0.5) is 5.69 Å². The molecule has 0 bridgehead atoms. The third-order valence-corrected chi connectivity index (χ3v) is 1.45. The van der Waals surface area contributed by atoms with Crippen LogP contribution in [-0.4, -0.2) is 5.54 Å². The molecular formula is C11H13N2. The maximum atomic E-state index is 8.57. The van der Waals surface area contributed by atoms with Crippen molar-refractivity contribution in [2.75, 3.05) is 5.32 Å². The van der Waals surface area contributed by atoms with Crippen molar-refractivity contribution >= 4 is 5.69 Å². The first kappa shape index (κ1) is 9.60. The summed E-state index contributed by atoms with van der Waals surface area (Å²) in [6.45, 7) is 6.25. The van der Waals surface area contributed by atoms with Crippen LogP contribution in [0.25, 0.3) is 0 Å². The quantitative estimate of drug-likeness (QED) is 0.708. The Kier molecular flexibility index (Phi) is 2.57. The highest BCUT2D eigenvalue weighted by atomic mass is 14.9. The summed E-state index contributed by atoms with van der Waals surface area (Å²) in [7, 11) is 0. The molecule has 67 valence electrons. The second kappa shape index (κ2) is 3.49. The van der Waals surface area contributed by atoms with E-state index in [1.165, 1.54) is 0 Å². The van der Waals surface area contributed by atoms with Crippen LogP contribution in [0.15, 0.2) is 18.2 Å². The van der Waals surface area contributed by atoms with Gasteiger partial charge in [-0.2, -0.15) is 5.26 Å². The van der Waals surface area contributed by atoms with Crippen LogP contribution in [-0.2, 0) is 0 Å². The zero-order valence-electron chi connectivity index (χ0n) is 8.18. The Morgan fingerprint density at radius 1 is 1.38 bits per heavy atom. The normalized spacial score (nSPS) is 10.6. The Bertz CT molecular complexity index is 311. The van der Waals surface area contributed by atoms with Crippen LogP contribution >= 0.6 is 0 Å². The lowest BCUT2D eigenvalue weighted by molar-refractivity contribution is 0.634. The van der Waals surface area contributed by atoms with Gasteiger partial charge in [0, 0.05) is 17.3 Å². The molecule has 0 heterocycles. The van der Waals surface area contributed by atoms with Crippen molar-refractivity contribution in [2.24, 2.45) is 0 Å². The number of hydrogen-bond acceptors (Lipinski definition) is 2. The first-order valence-corrected chi connectivity index (χ1v) is 4.21. The van der Waals surface area contributed by atoms with E-state index < -0.39 is 0 Å². The zero-order chi connectivity index (χ0) is 9.90. The van der Waals surface area contributed by atoms with Gasteiger partial charge >= 0.3 is 0 Å². The Labute approximate surface area is 79.2 Å². The predicted molar refractivity (Wildman–Crippen MR) is 53.4 cm³/mol. The average molecular weight is 173 g/mol. The molecule has 2 nitrogen and oxygen atoms in total. The molecule has 0 fully saturated rings. The Balaban J connectivity index is 2.77. The minimum absolute atomic E-state index is 0.0324. The van der Waals surface area contributed by atoms with Gasteiger partial charge in [0.05, 0.1) is 11.6 Å². The van der Waals surface area contributed by atoms with Gasteiger partial charge in [-0.05, 0) is 39.0 Å². The van der Waals surface area contributed by atoms with Gasteiger partial charge in [0.25, 0.3) is 0 Å². The largest absolute Gasteiger partial charge is 0.380 e. The fraction of sp³-hybridized carbons (Fsp3) is 0.364. The Morgan fingerprint density at radius 2 is 2.08 bits per heavy atom. The molecule has 0 saturated carbocycles. The summed E-state index contributed by atoms with van der Waals surface area (Å²) in [4.78, 5) is 0. The van der Waals surface area contributed by atoms with E-state index in [-0.39, 0.29) is 5.54 Å². The molecule has 13 heavy (non-hydrogen) atoms. The molecular weight excluding hydrogens is 160 g/mol. The third kappa shape index (κ3) is 3.16. The number of rotatable bonds is 1. The van der Waals surface area contributed by atoms with E-state index in [9.17, 15) is 0 Å². The minimum Gasteiger partial charge on any atom is -0.380 e. The number of benzene rings is 1. The lowest BCUT2D eigenvalue weighted by atomic mass is 10.1. The van der Waals surface area contributed by atoms with E-state index in [0.29, 0.717) is 5.56 Å². The van der Waals surface area contributed by atoms with E-state index in [1.807, 2.05) is 6.07 Å². The second-order valence-corrected chi connectivity index (χ2v) is 3.98. The maximum absolute atomic E-state index is 8.57. The molecule has 0 unspecified atom stereocenters. The van der Waals surface area contributed by atoms with Gasteiger partial charge in [-0.1, -0.05) is 0 Å². The number of nitriles is 1. The van der Waals surface area contributed by atoms with Gasteiger partial charge in [0.1, 0.15) is 0 Å². The van der Waals surface area contributed by atoms with Gasteiger partial charge in [0.2, 0.25) is 0 Å². The highest BCUT2D eigenvalue weighted by Gasteiger charge is 2.08. The van der Waals surface area contributed by atoms with Crippen LogP contribution in [0, 0.1) is 17.4 Å². The first-order chi connectivity index (χ1) is 6.01. The van der Waals surface area contributed by atoms with Gasteiger partial charge < -0.3 is 5.32 Å². The van der Waals surface area contributed by atoms with E-state index >= 15 is 0 Å². The summed E-state index contributed by atoms with van der Waals surface area (Å²) in [5.41, 5.74) is 1.59. The monoisotopic (exact) mass is 173 g/mol. The summed E-state index contributed by atoms with van der Waals surface area (Å²) in [5, 5.41) is 11.8. The molecule has 1 N–H and O–H groups in total. The third-order valence-electron chi connectivity index (χ3n) is 1.45. The maximum Gasteiger partial charge on any atom is 0.0991 e. The van der Waals surface area contributed by atoms with Crippen LogP contribution in [0.3, 0.4) is 0 Å². The van der Waals surface area contributed by atoms with Gasteiger partial charge in [-0.3, -0.25) is 0 Å². The molecule has 1 radical (unpaired) electrons. The lowest BCUT2D eigenvalue weighted by Crippen LogP contribution is -2.25. The van der Waals surface area contributed by atoms with Crippen molar-refractivity contribution in [1.82, 2.24) is 0 Å². The predicted octanol–water partition coefficient (Wildman–Crippen LogP) is 2.57. The molecule has 0 atom stereocenters. The fourth-order valence-electron chi connectivity index (χ4n) is 0.976. The van der Waals surface area contributed by atoms with E-state index in [0.717, 1.165) is 5.69 Å². The molecule has 0 aliphatic carbocycles. The first-order valence-electron chi connectivity index (χ1n) is 4.21. The van der Waals surface area contributed by atoms with Crippen LogP contribution < -0.4 is 5.32 Å². The molecule has 0 aromatic heterocycles. The topological polar surface area (TPSA) is 35.8 Å². The average Bonchev–Trinajstić information content (AvgIpc) is 2.03. The zero-order valence-corrected chi connectivity index (χ0v) is 8.18. The van der Waals surface area contributed by atoms with Crippen molar-refractivity contribution in [3.8, 4) is 6.07 Å². The molecule has 0 spiro atoms. The lowest BCUT2D eigenvalue weighted by Gasteiger charge is -2.21. The summed E-state index contributed by atoms with van der Waals surface area (Å²) < 4.78 is 0. The molecule has 1 aromatic rings. The summed E-state index contributed by atoms with van der Waals surface area (Å²) in [6, 6.07) is 10.4. The summed E-state index contributed by atoms with van der Waals surface area (Å²) in [5.74, 6) is 0. The van der Waals surface area contributed by atoms with Crippen molar-refractivity contribution in [3.05, 3.63) is 29.8 Å². The van der Waals surface area contributed by atoms with Gasteiger partial charge in [-0.15, -0.1) is 0 Å². The van der Waals surface area contributed by atoms with Gasteiger partial charge in [-0.25, -0.2) is 0 Å². The van der Waals surface area contributed by atoms with Crippen LogP contribution in [0.5, 0.6) is 0 Å². The number of nitrogens with one attached hydrogen (secondary N) is 1. The van der Waals surface area contributed by atoms with E-state index in [2.05, 4.69) is 38.2 Å². The minimum atomic E-state index is 0.0324. The van der Waals surface area contributed by atoms with E-state index in [4.69, 9.17) is 5.26 Å². The van der Waals surface area contributed by atoms with Crippen molar-refractivity contribution in [2.45, 2.75) is 26.3 Å². The van der Waals surface area contributed by atoms with Crippen LogP contribution in [0.1, 0.15) is 26.3 Å². The van der Waals surface area contributed by atoms with Crippen molar-refractivity contribution in [3.63, 3.8) is 0 Å². The summed E-state index contributed by atoms with van der Waals surface area (Å²) >= 11 is 0. The highest BCUT2D eigenvalue weighted by Crippen LogP contribution is 2.13. The highest BCUT2D eigenvalue weighted by molar-refractivity contribution is 5.47. The molecule has 0 aliphatic heterocycles. The number of hydrogen-bond donors (Lipinski definition) is 1. The van der Waals surface area contributed by atoms with E-state index in [1.54, 1.807) is 12.1 Å². The molecule has 0 amide bonds. The number of anilines is 1. The smallest absolute Gasteiger partial charge is 0.0991 e. The van der Waals surface area contributed by atoms with Crippen molar-refractivity contribution in [1.29, 1.82) is 5.26 Å². The Hall–Kier alpha value is -1.49. The fourth-order valence-corrected chi connectivity index (χ4v) is 0.976. The molecule has 0 saturated heterocycles. The summed E-state index contributed by atoms with van der Waals surface area (Å²) in [6.07, 6.45) is 0. The SMILES string of the molecule is CC(C)(C)Nc1[c]cc(C#N)cc1. The Morgan fingerprint density at radius 3 is 2.46 bits per heavy atom. The second-order valence-electron chi connectivity index (χ2n) is 3.98.